The van der Waals surface area contributed by atoms with E-state index in [1.807, 2.05) is 32.0 Å². The van der Waals surface area contributed by atoms with E-state index in [0.29, 0.717) is 5.75 Å². The highest BCUT2D eigenvalue weighted by molar-refractivity contribution is 5.34. The molecule has 0 fully saturated rings. The molecule has 0 bridgehead atoms. The lowest BCUT2D eigenvalue weighted by Crippen LogP contribution is -2.23. The van der Waals surface area contributed by atoms with Gasteiger partial charge in [-0.05, 0) is 23.6 Å². The first-order valence-corrected chi connectivity index (χ1v) is 5.31. The first kappa shape index (κ1) is 12.5. The van der Waals surface area contributed by atoms with Crippen LogP contribution in [0.5, 0.6) is 5.75 Å². The third kappa shape index (κ3) is 2.74. The quantitative estimate of drug-likeness (QED) is 0.845. The number of hydrogen-bond acceptors (Lipinski definition) is 3. The fraction of sp³-hybridized carbons (Fsp3) is 0.462. The molecular formula is C13H17NO2. The summed E-state index contributed by atoms with van der Waals surface area (Å²) in [5, 5.41) is 19.1. The van der Waals surface area contributed by atoms with E-state index in [1.54, 1.807) is 13.2 Å². The van der Waals surface area contributed by atoms with Gasteiger partial charge in [-0.15, -0.1) is 0 Å². The molecule has 16 heavy (non-hydrogen) atoms. The van der Waals surface area contributed by atoms with Crippen LogP contribution in [0.25, 0.3) is 0 Å². The van der Waals surface area contributed by atoms with Crippen LogP contribution in [0.2, 0.25) is 0 Å². The predicted molar refractivity (Wildman–Crippen MR) is 62.2 cm³/mol. The lowest BCUT2D eigenvalue weighted by molar-refractivity contribution is 0.113. The summed E-state index contributed by atoms with van der Waals surface area (Å²) in [4.78, 5) is 0. The van der Waals surface area contributed by atoms with Gasteiger partial charge >= 0.3 is 0 Å². The summed E-state index contributed by atoms with van der Waals surface area (Å²) < 4.78 is 5.10. The van der Waals surface area contributed by atoms with E-state index >= 15 is 0 Å². The van der Waals surface area contributed by atoms with Gasteiger partial charge in [0.05, 0.1) is 25.2 Å². The smallest absolute Gasteiger partial charge is 0.119 e. The van der Waals surface area contributed by atoms with Gasteiger partial charge in [-0.25, -0.2) is 0 Å². The maximum Gasteiger partial charge on any atom is 0.119 e. The predicted octanol–water partition coefficient (Wildman–Crippen LogP) is 2.32. The van der Waals surface area contributed by atoms with Gasteiger partial charge in [-0.3, -0.25) is 0 Å². The van der Waals surface area contributed by atoms with E-state index < -0.39 is 12.0 Å². The third-order valence-electron chi connectivity index (χ3n) is 2.62. The molecule has 2 unspecified atom stereocenters. The highest BCUT2D eigenvalue weighted by Crippen LogP contribution is 2.26. The second-order valence-corrected chi connectivity index (χ2v) is 4.12. The van der Waals surface area contributed by atoms with Gasteiger partial charge in [0.15, 0.2) is 0 Å². The van der Waals surface area contributed by atoms with Crippen molar-refractivity contribution in [2.45, 2.75) is 25.9 Å². The molecule has 1 aromatic rings. The molecule has 0 radical (unpaired) electrons. The van der Waals surface area contributed by atoms with Crippen molar-refractivity contribution in [1.82, 2.24) is 0 Å². The molecule has 1 aromatic carbocycles. The second-order valence-electron chi connectivity index (χ2n) is 4.12. The standard InChI is InChI=1S/C13H17NO2/c1-9(2)13(15)12(8-14)10-5-4-6-11(7-10)16-3/h4-7,9,12-13,15H,1-3H3. The third-order valence-corrected chi connectivity index (χ3v) is 2.62. The molecule has 3 heteroatoms. The van der Waals surface area contributed by atoms with Gasteiger partial charge in [-0.1, -0.05) is 26.0 Å². The molecule has 1 rings (SSSR count). The largest absolute Gasteiger partial charge is 0.497 e. The zero-order valence-corrected chi connectivity index (χ0v) is 9.84. The number of aliphatic hydroxyl groups excluding tert-OH is 1. The summed E-state index contributed by atoms with van der Waals surface area (Å²) in [7, 11) is 1.58. The van der Waals surface area contributed by atoms with Gasteiger partial charge in [-0.2, -0.15) is 5.26 Å². The van der Waals surface area contributed by atoms with Gasteiger partial charge in [0.25, 0.3) is 0 Å². The average Bonchev–Trinajstić information content (AvgIpc) is 2.30. The van der Waals surface area contributed by atoms with E-state index in [-0.39, 0.29) is 5.92 Å². The highest BCUT2D eigenvalue weighted by Gasteiger charge is 2.23. The Morgan fingerprint density at radius 3 is 2.56 bits per heavy atom. The van der Waals surface area contributed by atoms with Gasteiger partial charge in [0, 0.05) is 0 Å². The molecule has 0 saturated heterocycles. The summed E-state index contributed by atoms with van der Waals surface area (Å²) in [6.45, 7) is 3.80. The average molecular weight is 219 g/mol. The van der Waals surface area contributed by atoms with Crippen molar-refractivity contribution in [2.24, 2.45) is 5.92 Å². The Kier molecular flexibility index (Phi) is 4.33. The minimum atomic E-state index is -0.655. The Labute approximate surface area is 96.3 Å². The monoisotopic (exact) mass is 219 g/mol. The summed E-state index contributed by atoms with van der Waals surface area (Å²) in [5.74, 6) is 0.250. The van der Waals surface area contributed by atoms with Crippen molar-refractivity contribution in [1.29, 1.82) is 5.26 Å². The molecule has 2 atom stereocenters. The molecule has 3 nitrogen and oxygen atoms in total. The van der Waals surface area contributed by atoms with Crippen molar-refractivity contribution >= 4 is 0 Å². The molecule has 1 N–H and O–H groups in total. The Morgan fingerprint density at radius 2 is 2.06 bits per heavy atom. The Bertz CT molecular complexity index is 382. The SMILES string of the molecule is COc1cccc(C(C#N)C(O)C(C)C)c1. The van der Waals surface area contributed by atoms with Crippen LogP contribution in [0.4, 0.5) is 0 Å². The lowest BCUT2D eigenvalue weighted by atomic mass is 9.88. The Hall–Kier alpha value is -1.53. The lowest BCUT2D eigenvalue weighted by Gasteiger charge is -2.20. The van der Waals surface area contributed by atoms with Crippen LogP contribution in [0.15, 0.2) is 24.3 Å². The van der Waals surface area contributed by atoms with E-state index in [0.717, 1.165) is 5.56 Å². The number of rotatable bonds is 4. The highest BCUT2D eigenvalue weighted by atomic mass is 16.5. The minimum absolute atomic E-state index is 0.0517. The van der Waals surface area contributed by atoms with Gasteiger partial charge in [0.1, 0.15) is 5.75 Å². The van der Waals surface area contributed by atoms with Crippen LogP contribution < -0.4 is 4.74 Å². The van der Waals surface area contributed by atoms with Gasteiger partial charge in [0.2, 0.25) is 0 Å². The summed E-state index contributed by atoms with van der Waals surface area (Å²) in [6, 6.07) is 9.42. The Balaban J connectivity index is 3.00. The zero-order valence-electron chi connectivity index (χ0n) is 9.84. The molecule has 0 aromatic heterocycles. The molecule has 86 valence electrons. The van der Waals surface area contributed by atoms with E-state index in [2.05, 4.69) is 6.07 Å². The first-order chi connectivity index (χ1) is 7.60. The van der Waals surface area contributed by atoms with Crippen LogP contribution in [-0.2, 0) is 0 Å². The van der Waals surface area contributed by atoms with Crippen LogP contribution in [0, 0.1) is 17.2 Å². The summed E-state index contributed by atoms with van der Waals surface area (Å²) in [5.41, 5.74) is 0.794. The number of hydrogen-bond donors (Lipinski definition) is 1. The normalized spacial score (nSPS) is 14.2. The number of nitrogens with zero attached hydrogens (tertiary/aromatic N) is 1. The summed E-state index contributed by atoms with van der Waals surface area (Å²) in [6.07, 6.45) is -0.655. The minimum Gasteiger partial charge on any atom is -0.497 e. The fourth-order valence-corrected chi connectivity index (χ4v) is 1.57. The molecule has 0 amide bonds. The van der Waals surface area contributed by atoms with Crippen LogP contribution >= 0.6 is 0 Å². The van der Waals surface area contributed by atoms with Crippen molar-refractivity contribution in [3.63, 3.8) is 0 Å². The van der Waals surface area contributed by atoms with E-state index in [9.17, 15) is 5.11 Å². The maximum atomic E-state index is 9.94. The van der Waals surface area contributed by atoms with E-state index in [4.69, 9.17) is 10.00 Å². The number of methoxy groups -OCH3 is 1. The fourth-order valence-electron chi connectivity index (χ4n) is 1.57. The number of aliphatic hydroxyl groups is 1. The number of benzene rings is 1. The van der Waals surface area contributed by atoms with Crippen LogP contribution in [0.3, 0.4) is 0 Å². The topological polar surface area (TPSA) is 53.2 Å². The van der Waals surface area contributed by atoms with E-state index in [1.165, 1.54) is 0 Å². The van der Waals surface area contributed by atoms with Crippen molar-refractivity contribution in [3.05, 3.63) is 29.8 Å². The molecular weight excluding hydrogens is 202 g/mol. The molecule has 0 aliphatic rings. The van der Waals surface area contributed by atoms with Crippen LogP contribution in [-0.4, -0.2) is 18.3 Å². The molecule has 0 aliphatic carbocycles. The second kappa shape index (κ2) is 5.53. The van der Waals surface area contributed by atoms with Crippen molar-refractivity contribution in [3.8, 4) is 11.8 Å². The van der Waals surface area contributed by atoms with Crippen LogP contribution in [0.1, 0.15) is 25.3 Å². The van der Waals surface area contributed by atoms with Gasteiger partial charge < -0.3 is 9.84 Å². The van der Waals surface area contributed by atoms with Crippen molar-refractivity contribution < 1.29 is 9.84 Å². The molecule has 0 saturated carbocycles. The maximum absolute atomic E-state index is 9.94. The zero-order chi connectivity index (χ0) is 12.1. The number of nitriles is 1. The van der Waals surface area contributed by atoms with Crippen molar-refractivity contribution in [2.75, 3.05) is 7.11 Å². The molecule has 0 heterocycles. The molecule has 0 aliphatic heterocycles. The Morgan fingerprint density at radius 1 is 1.38 bits per heavy atom. The summed E-state index contributed by atoms with van der Waals surface area (Å²) >= 11 is 0. The molecule has 0 spiro atoms. The number of ether oxygens (including phenoxy) is 1. The first-order valence-electron chi connectivity index (χ1n) is 5.31.